The van der Waals surface area contributed by atoms with Gasteiger partial charge in [-0.05, 0) is 30.7 Å². The molecule has 0 aliphatic carbocycles. The Balaban J connectivity index is 1.95. The van der Waals surface area contributed by atoms with Crippen molar-refractivity contribution in [3.8, 4) is 11.4 Å². The van der Waals surface area contributed by atoms with Crippen molar-refractivity contribution in [3.05, 3.63) is 41.3 Å². The minimum absolute atomic E-state index is 0.669. The molecular formula is C17H17ClN6. The summed E-state index contributed by atoms with van der Waals surface area (Å²) in [4.78, 5) is 9.50. The molecule has 4 aromatic rings. The van der Waals surface area contributed by atoms with E-state index in [-0.39, 0.29) is 0 Å². The van der Waals surface area contributed by atoms with Crippen molar-refractivity contribution in [2.45, 2.75) is 26.2 Å². The zero-order valence-corrected chi connectivity index (χ0v) is 14.3. The van der Waals surface area contributed by atoms with Crippen LogP contribution in [0.5, 0.6) is 0 Å². The van der Waals surface area contributed by atoms with Crippen LogP contribution in [0.4, 0.5) is 0 Å². The van der Waals surface area contributed by atoms with Gasteiger partial charge in [-0.2, -0.15) is 9.61 Å². The van der Waals surface area contributed by atoms with Crippen LogP contribution >= 0.6 is 11.6 Å². The predicted molar refractivity (Wildman–Crippen MR) is 94.1 cm³/mol. The topological polar surface area (TPSA) is 60.9 Å². The average molecular weight is 341 g/mol. The normalized spacial score (nSPS) is 11.6. The molecule has 24 heavy (non-hydrogen) atoms. The highest BCUT2D eigenvalue weighted by atomic mass is 35.5. The van der Waals surface area contributed by atoms with Crippen molar-refractivity contribution in [3.63, 3.8) is 0 Å². The summed E-state index contributed by atoms with van der Waals surface area (Å²) in [6.07, 6.45) is 4.81. The van der Waals surface area contributed by atoms with E-state index in [1.807, 2.05) is 35.8 Å². The number of fused-ring (bicyclic) bond motifs is 3. The molecule has 0 saturated heterocycles. The van der Waals surface area contributed by atoms with E-state index in [0.29, 0.717) is 10.8 Å². The summed E-state index contributed by atoms with van der Waals surface area (Å²) in [6.45, 7) is 2.17. The zero-order chi connectivity index (χ0) is 16.7. The predicted octanol–water partition coefficient (Wildman–Crippen LogP) is 3.67. The van der Waals surface area contributed by atoms with E-state index in [1.165, 1.54) is 0 Å². The molecule has 0 amide bonds. The zero-order valence-electron chi connectivity index (χ0n) is 13.6. The van der Waals surface area contributed by atoms with Gasteiger partial charge in [-0.25, -0.2) is 9.97 Å². The molecule has 0 saturated carbocycles. The lowest BCUT2D eigenvalue weighted by molar-refractivity contribution is 0.710. The first-order valence-corrected chi connectivity index (χ1v) is 8.38. The number of hydrogen-bond acceptors (Lipinski definition) is 4. The highest BCUT2D eigenvalue weighted by Crippen LogP contribution is 2.23. The van der Waals surface area contributed by atoms with Crippen LogP contribution in [0.2, 0.25) is 5.02 Å². The Morgan fingerprint density at radius 1 is 1.08 bits per heavy atom. The highest BCUT2D eigenvalue weighted by molar-refractivity contribution is 6.30. The van der Waals surface area contributed by atoms with Crippen LogP contribution in [0.3, 0.4) is 0 Å². The first-order chi connectivity index (χ1) is 11.7. The number of aromatic nitrogens is 6. The molecule has 0 atom stereocenters. The summed E-state index contributed by atoms with van der Waals surface area (Å²) in [5, 5.41) is 10.6. The van der Waals surface area contributed by atoms with Crippen molar-refractivity contribution in [2.24, 2.45) is 7.05 Å². The lowest BCUT2D eigenvalue weighted by Gasteiger charge is -2.03. The first kappa shape index (κ1) is 15.1. The van der Waals surface area contributed by atoms with Crippen LogP contribution in [-0.4, -0.2) is 29.4 Å². The number of rotatable bonds is 4. The van der Waals surface area contributed by atoms with Crippen molar-refractivity contribution in [1.82, 2.24) is 29.4 Å². The van der Waals surface area contributed by atoms with Crippen LogP contribution in [0.25, 0.3) is 28.1 Å². The lowest BCUT2D eigenvalue weighted by Crippen LogP contribution is -2.05. The Bertz CT molecular complexity index is 1020. The Morgan fingerprint density at radius 3 is 2.62 bits per heavy atom. The molecule has 7 heteroatoms. The van der Waals surface area contributed by atoms with Gasteiger partial charge in [0.05, 0.1) is 11.6 Å². The van der Waals surface area contributed by atoms with Gasteiger partial charge in [0, 0.05) is 24.1 Å². The van der Waals surface area contributed by atoms with Gasteiger partial charge >= 0.3 is 0 Å². The number of benzene rings is 1. The van der Waals surface area contributed by atoms with Crippen molar-refractivity contribution in [1.29, 1.82) is 0 Å². The van der Waals surface area contributed by atoms with Crippen LogP contribution in [0.15, 0.2) is 30.5 Å². The molecule has 0 spiro atoms. The van der Waals surface area contributed by atoms with Crippen LogP contribution in [0.1, 0.15) is 25.6 Å². The summed E-state index contributed by atoms with van der Waals surface area (Å²) in [5.74, 6) is 1.58. The molecule has 6 nitrogen and oxygen atoms in total. The Labute approximate surface area is 144 Å². The number of hydrogen-bond donors (Lipinski definition) is 0. The minimum atomic E-state index is 0.669. The van der Waals surface area contributed by atoms with Crippen LogP contribution in [0, 0.1) is 0 Å². The smallest absolute Gasteiger partial charge is 0.182 e. The summed E-state index contributed by atoms with van der Waals surface area (Å²) in [6, 6.07) is 7.55. The fourth-order valence-corrected chi connectivity index (χ4v) is 2.90. The van der Waals surface area contributed by atoms with E-state index in [0.717, 1.165) is 47.3 Å². The minimum Gasteiger partial charge on any atom is -0.250 e. The van der Waals surface area contributed by atoms with Gasteiger partial charge in [0.15, 0.2) is 17.1 Å². The van der Waals surface area contributed by atoms with E-state index in [2.05, 4.69) is 17.1 Å². The molecule has 0 unspecified atom stereocenters. The van der Waals surface area contributed by atoms with E-state index < -0.39 is 0 Å². The summed E-state index contributed by atoms with van der Waals surface area (Å²) < 4.78 is 3.63. The lowest BCUT2D eigenvalue weighted by atomic mass is 10.2. The quantitative estimate of drug-likeness (QED) is 0.568. The molecule has 0 N–H and O–H groups in total. The first-order valence-electron chi connectivity index (χ1n) is 8.00. The molecule has 0 bridgehead atoms. The maximum Gasteiger partial charge on any atom is 0.182 e. The van der Waals surface area contributed by atoms with Gasteiger partial charge in [-0.15, -0.1) is 5.10 Å². The second-order valence-corrected chi connectivity index (χ2v) is 6.25. The van der Waals surface area contributed by atoms with E-state index in [1.54, 1.807) is 10.9 Å². The molecule has 122 valence electrons. The second-order valence-electron chi connectivity index (χ2n) is 5.81. The molecule has 0 aliphatic heterocycles. The fraction of sp³-hybridized carbons (Fsp3) is 0.294. The molecule has 3 aromatic heterocycles. The van der Waals surface area contributed by atoms with Gasteiger partial charge < -0.3 is 0 Å². The summed E-state index contributed by atoms with van der Waals surface area (Å²) in [5.41, 5.74) is 2.56. The number of aryl methyl sites for hydroxylation is 2. The van der Waals surface area contributed by atoms with E-state index in [4.69, 9.17) is 21.6 Å². The van der Waals surface area contributed by atoms with Crippen molar-refractivity contribution in [2.75, 3.05) is 0 Å². The Kier molecular flexibility index (Phi) is 3.69. The molecule has 0 radical (unpaired) electrons. The van der Waals surface area contributed by atoms with Gasteiger partial charge in [0.2, 0.25) is 0 Å². The maximum atomic E-state index is 5.97. The van der Waals surface area contributed by atoms with Crippen molar-refractivity contribution < 1.29 is 0 Å². The van der Waals surface area contributed by atoms with Gasteiger partial charge in [0.1, 0.15) is 5.82 Å². The fourth-order valence-electron chi connectivity index (χ4n) is 2.78. The molecule has 1 aromatic carbocycles. The third-order valence-corrected chi connectivity index (χ3v) is 4.34. The van der Waals surface area contributed by atoms with Crippen LogP contribution < -0.4 is 0 Å². The summed E-state index contributed by atoms with van der Waals surface area (Å²) in [7, 11) is 1.89. The second kappa shape index (κ2) is 5.87. The van der Waals surface area contributed by atoms with E-state index >= 15 is 0 Å². The largest absolute Gasteiger partial charge is 0.250 e. The molecule has 4 rings (SSSR count). The molecule has 3 heterocycles. The maximum absolute atomic E-state index is 5.97. The van der Waals surface area contributed by atoms with Gasteiger partial charge in [0.25, 0.3) is 0 Å². The number of unbranched alkanes of at least 4 members (excludes halogenated alkanes) is 1. The Morgan fingerprint density at radius 2 is 1.88 bits per heavy atom. The standard InChI is InChI=1S/C17H17ClN6/c1-3-4-5-14-20-16-13(10-19-23(16)2)17-21-15(22-24(14)17)11-6-8-12(18)9-7-11/h6-10H,3-5H2,1-2H3. The van der Waals surface area contributed by atoms with E-state index in [9.17, 15) is 0 Å². The highest BCUT2D eigenvalue weighted by Gasteiger charge is 2.16. The van der Waals surface area contributed by atoms with Crippen LogP contribution in [-0.2, 0) is 13.5 Å². The summed E-state index contributed by atoms with van der Waals surface area (Å²) >= 11 is 5.97. The Hall–Kier alpha value is -2.47. The molecule has 0 fully saturated rings. The van der Waals surface area contributed by atoms with Gasteiger partial charge in [-0.1, -0.05) is 24.9 Å². The van der Waals surface area contributed by atoms with Crippen molar-refractivity contribution >= 4 is 28.3 Å². The molecule has 0 aliphatic rings. The monoisotopic (exact) mass is 340 g/mol. The molecular weight excluding hydrogens is 324 g/mol. The van der Waals surface area contributed by atoms with Gasteiger partial charge in [-0.3, -0.25) is 4.68 Å². The SMILES string of the molecule is CCCCc1nc2c(cnn2C)c2nc(-c3ccc(Cl)cc3)nn12. The number of nitrogens with zero attached hydrogens (tertiary/aromatic N) is 6. The third kappa shape index (κ3) is 2.43. The third-order valence-electron chi connectivity index (χ3n) is 4.09. The average Bonchev–Trinajstić information content (AvgIpc) is 3.18. The number of halogens is 1.